The number of rotatable bonds is 3. The van der Waals surface area contributed by atoms with Crippen LogP contribution in [-0.2, 0) is 4.74 Å². The molecule has 1 atom stereocenters. The molecule has 1 N–H and O–H groups in total. The number of nitrogens with one attached hydrogen (secondary N) is 1. The van der Waals surface area contributed by atoms with Gasteiger partial charge < -0.3 is 10.1 Å². The van der Waals surface area contributed by atoms with E-state index in [9.17, 15) is 4.79 Å². The number of aromatic nitrogens is 1. The minimum Gasteiger partial charge on any atom is -0.375 e. The zero-order chi connectivity index (χ0) is 14.9. The molecule has 1 aliphatic heterocycles. The molecule has 0 unspecified atom stereocenters. The number of hydrogen-bond donors (Lipinski definition) is 1. The predicted octanol–water partition coefficient (Wildman–Crippen LogP) is 3.72. The van der Waals surface area contributed by atoms with E-state index < -0.39 is 0 Å². The summed E-state index contributed by atoms with van der Waals surface area (Å²) in [6.07, 6.45) is 1.69. The Labute approximate surface area is 132 Å². The lowest BCUT2D eigenvalue weighted by atomic mass is 9.94. The van der Waals surface area contributed by atoms with Crippen molar-refractivity contribution < 1.29 is 9.53 Å². The monoisotopic (exact) mass is 360 g/mol. The van der Waals surface area contributed by atoms with E-state index in [-0.39, 0.29) is 17.6 Å². The molecule has 1 aromatic rings. The summed E-state index contributed by atoms with van der Waals surface area (Å²) in [7, 11) is 0. The number of ether oxygens (including phenoxy) is 1. The maximum absolute atomic E-state index is 12.4. The van der Waals surface area contributed by atoms with Crippen LogP contribution in [0.1, 0.15) is 61.8 Å². The van der Waals surface area contributed by atoms with Crippen molar-refractivity contribution in [2.45, 2.75) is 58.1 Å². The second-order valence-corrected chi connectivity index (χ2v) is 8.41. The van der Waals surface area contributed by atoms with Crippen molar-refractivity contribution in [2.75, 3.05) is 6.61 Å². The first-order valence-corrected chi connectivity index (χ1v) is 8.50. The van der Waals surface area contributed by atoms with Gasteiger partial charge in [-0.2, -0.15) is 0 Å². The zero-order valence-corrected chi connectivity index (χ0v) is 14.7. The number of carbonyl (C=O) groups is 1. The second-order valence-electron chi connectivity index (χ2n) is 6.11. The van der Waals surface area contributed by atoms with Crippen molar-refractivity contribution in [3.8, 4) is 0 Å². The molecule has 1 fully saturated rings. The Bertz CT molecular complexity index is 499. The maximum Gasteiger partial charge on any atom is 0.271 e. The highest BCUT2D eigenvalue weighted by atomic mass is 79.9. The van der Waals surface area contributed by atoms with Crippen LogP contribution in [0.5, 0.6) is 0 Å². The summed E-state index contributed by atoms with van der Waals surface area (Å²) in [5.41, 5.74) is 0.390. The van der Waals surface area contributed by atoms with Crippen LogP contribution in [0.3, 0.4) is 0 Å². The van der Waals surface area contributed by atoms with E-state index in [1.165, 1.54) is 11.3 Å². The number of nitrogens with zero attached hydrogens (tertiary/aromatic N) is 1. The minimum absolute atomic E-state index is 0.0710. The third-order valence-electron chi connectivity index (χ3n) is 3.40. The van der Waals surface area contributed by atoms with Gasteiger partial charge in [0.15, 0.2) is 3.92 Å². The fourth-order valence-electron chi connectivity index (χ4n) is 2.47. The molecular weight excluding hydrogens is 340 g/mol. The molecule has 20 heavy (non-hydrogen) atoms. The van der Waals surface area contributed by atoms with Gasteiger partial charge in [-0.3, -0.25) is 4.79 Å². The van der Waals surface area contributed by atoms with Crippen molar-refractivity contribution in [3.05, 3.63) is 14.5 Å². The molecule has 0 aliphatic carbocycles. The van der Waals surface area contributed by atoms with E-state index in [0.29, 0.717) is 18.2 Å². The number of thiazole rings is 1. The first-order chi connectivity index (χ1) is 9.28. The van der Waals surface area contributed by atoms with Crippen molar-refractivity contribution in [1.29, 1.82) is 0 Å². The maximum atomic E-state index is 12.4. The van der Waals surface area contributed by atoms with Gasteiger partial charge in [0.25, 0.3) is 5.91 Å². The fraction of sp³-hybridized carbons (Fsp3) is 0.714. The summed E-state index contributed by atoms with van der Waals surface area (Å²) in [5, 5.41) is 3.10. The fourth-order valence-corrected chi connectivity index (χ4v) is 3.96. The van der Waals surface area contributed by atoms with Gasteiger partial charge in [-0.1, -0.05) is 13.8 Å². The van der Waals surface area contributed by atoms with Crippen LogP contribution in [0.4, 0.5) is 0 Å². The third-order valence-corrected chi connectivity index (χ3v) is 5.21. The highest BCUT2D eigenvalue weighted by Crippen LogP contribution is 2.30. The van der Waals surface area contributed by atoms with Crippen LogP contribution < -0.4 is 5.32 Å². The van der Waals surface area contributed by atoms with Gasteiger partial charge in [0, 0.05) is 17.5 Å². The third kappa shape index (κ3) is 3.80. The number of carbonyl (C=O) groups excluding carboxylic acids is 1. The van der Waals surface area contributed by atoms with Gasteiger partial charge in [-0.15, -0.1) is 11.3 Å². The highest BCUT2D eigenvalue weighted by molar-refractivity contribution is 9.11. The number of hydrogen-bond acceptors (Lipinski definition) is 4. The molecule has 1 amide bonds. The molecule has 0 aromatic carbocycles. The molecule has 6 heteroatoms. The molecule has 2 rings (SSSR count). The molecule has 2 heterocycles. The van der Waals surface area contributed by atoms with Crippen LogP contribution in [-0.4, -0.2) is 29.1 Å². The largest absolute Gasteiger partial charge is 0.375 e. The van der Waals surface area contributed by atoms with Gasteiger partial charge in [-0.05, 0) is 48.5 Å². The highest BCUT2D eigenvalue weighted by Gasteiger charge is 2.31. The molecule has 112 valence electrons. The topological polar surface area (TPSA) is 51.2 Å². The minimum atomic E-state index is -0.167. The van der Waals surface area contributed by atoms with E-state index in [1.54, 1.807) is 0 Å². The van der Waals surface area contributed by atoms with Crippen molar-refractivity contribution >= 4 is 33.2 Å². The Morgan fingerprint density at radius 2 is 2.25 bits per heavy atom. The quantitative estimate of drug-likeness (QED) is 0.893. The molecule has 1 saturated heterocycles. The lowest BCUT2D eigenvalue weighted by molar-refractivity contribution is -0.0615. The number of halogens is 1. The van der Waals surface area contributed by atoms with Gasteiger partial charge in [-0.25, -0.2) is 4.98 Å². The van der Waals surface area contributed by atoms with Gasteiger partial charge in [0.1, 0.15) is 5.69 Å². The summed E-state index contributed by atoms with van der Waals surface area (Å²) < 4.78 is 6.44. The Morgan fingerprint density at radius 3 is 2.85 bits per heavy atom. The van der Waals surface area contributed by atoms with Crippen LogP contribution >= 0.6 is 27.3 Å². The Balaban J connectivity index is 2.09. The summed E-state index contributed by atoms with van der Waals surface area (Å²) in [6, 6.07) is 0.159. The van der Waals surface area contributed by atoms with Crippen LogP contribution in [0.25, 0.3) is 0 Å². The molecule has 0 radical (unpaired) electrons. The molecule has 1 aromatic heterocycles. The van der Waals surface area contributed by atoms with E-state index >= 15 is 0 Å². The second kappa shape index (κ2) is 6.12. The van der Waals surface area contributed by atoms with Crippen molar-refractivity contribution in [2.24, 2.45) is 0 Å². The van der Waals surface area contributed by atoms with Gasteiger partial charge in [0.05, 0.1) is 5.60 Å². The van der Waals surface area contributed by atoms with Crippen LogP contribution in [0.15, 0.2) is 3.92 Å². The normalized spacial score (nSPS) is 22.0. The first-order valence-electron chi connectivity index (χ1n) is 6.89. The summed E-state index contributed by atoms with van der Waals surface area (Å²) in [4.78, 5) is 17.8. The molecule has 0 spiro atoms. The van der Waals surface area contributed by atoms with Crippen molar-refractivity contribution in [3.63, 3.8) is 0 Å². The molecule has 4 nitrogen and oxygen atoms in total. The van der Waals surface area contributed by atoms with Gasteiger partial charge in [0.2, 0.25) is 0 Å². The van der Waals surface area contributed by atoms with E-state index in [2.05, 4.69) is 53.9 Å². The summed E-state index contributed by atoms with van der Waals surface area (Å²) in [6.45, 7) is 8.97. The van der Waals surface area contributed by atoms with Crippen LogP contribution in [0, 0.1) is 0 Å². The lowest BCUT2D eigenvalue weighted by Crippen LogP contribution is -2.46. The van der Waals surface area contributed by atoms with Crippen molar-refractivity contribution in [1.82, 2.24) is 10.3 Å². The van der Waals surface area contributed by atoms with E-state index in [1.807, 2.05) is 0 Å². The van der Waals surface area contributed by atoms with E-state index in [0.717, 1.165) is 21.6 Å². The molecule has 0 bridgehead atoms. The average molecular weight is 361 g/mol. The smallest absolute Gasteiger partial charge is 0.271 e. The SMILES string of the molecule is CC(C)c1sc(Br)nc1C(=O)N[C@@H]1CCOC(C)(C)C1. The Kier molecular flexibility index (Phi) is 4.87. The van der Waals surface area contributed by atoms with E-state index in [4.69, 9.17) is 4.74 Å². The average Bonchev–Trinajstić information content (AvgIpc) is 2.70. The van der Waals surface area contributed by atoms with Gasteiger partial charge >= 0.3 is 0 Å². The molecule has 0 saturated carbocycles. The Hall–Kier alpha value is -0.460. The predicted molar refractivity (Wildman–Crippen MR) is 84.4 cm³/mol. The number of amides is 1. The zero-order valence-electron chi connectivity index (χ0n) is 12.3. The van der Waals surface area contributed by atoms with Crippen LogP contribution in [0.2, 0.25) is 0 Å². The summed E-state index contributed by atoms with van der Waals surface area (Å²) >= 11 is 4.90. The summed E-state index contributed by atoms with van der Waals surface area (Å²) in [5.74, 6) is 0.226. The first kappa shape index (κ1) is 15.9. The lowest BCUT2D eigenvalue weighted by Gasteiger charge is -2.35. The molecular formula is C14H21BrN2O2S. The Morgan fingerprint density at radius 1 is 1.55 bits per heavy atom. The molecule has 1 aliphatic rings. The standard InChI is InChI=1S/C14H21BrN2O2S/c1-8(2)11-10(17-13(15)20-11)12(18)16-9-5-6-19-14(3,4)7-9/h8-9H,5-7H2,1-4H3,(H,16,18)/t9-/m1/s1.